The van der Waals surface area contributed by atoms with Crippen molar-refractivity contribution in [1.29, 1.82) is 0 Å². The van der Waals surface area contributed by atoms with Gasteiger partial charge in [0.2, 0.25) is 0 Å². The third kappa shape index (κ3) is 7.40. The van der Waals surface area contributed by atoms with Gasteiger partial charge in [0.25, 0.3) is 5.91 Å². The smallest absolute Gasteiger partial charge is 0.422 e. The molecule has 0 aromatic heterocycles. The zero-order valence-corrected chi connectivity index (χ0v) is 11.5. The Morgan fingerprint density at radius 2 is 1.76 bits per heavy atom. The highest BCUT2D eigenvalue weighted by atomic mass is 19.4. The zero-order valence-electron chi connectivity index (χ0n) is 11.5. The maximum absolute atomic E-state index is 12.1. The summed E-state index contributed by atoms with van der Waals surface area (Å²) in [6, 6.07) is 5.88. The van der Waals surface area contributed by atoms with Gasteiger partial charge in [-0.25, -0.2) is 0 Å². The molecule has 0 unspecified atom stereocenters. The Bertz CT molecular complexity index is 453. The van der Waals surface area contributed by atoms with Gasteiger partial charge in [-0.1, -0.05) is 12.1 Å². The summed E-state index contributed by atoms with van der Waals surface area (Å²) < 4.78 is 46.2. The van der Waals surface area contributed by atoms with E-state index in [0.717, 1.165) is 0 Å². The van der Waals surface area contributed by atoms with E-state index in [2.05, 4.69) is 15.4 Å². The van der Waals surface area contributed by atoms with E-state index in [0.29, 0.717) is 13.1 Å². The molecule has 0 radical (unpaired) electrons. The lowest BCUT2D eigenvalue weighted by molar-refractivity contribution is -0.153. The molecule has 2 N–H and O–H groups in total. The molecule has 8 heteroatoms. The quantitative estimate of drug-likeness (QED) is 0.712. The third-order valence-corrected chi connectivity index (χ3v) is 2.30. The number of amides is 1. The summed E-state index contributed by atoms with van der Waals surface area (Å²) >= 11 is 0. The summed E-state index contributed by atoms with van der Waals surface area (Å²) in [5.41, 5.74) is 0. The summed E-state index contributed by atoms with van der Waals surface area (Å²) in [7, 11) is 1.75. The van der Waals surface area contributed by atoms with Crippen LogP contribution in [-0.2, 0) is 4.79 Å². The molecule has 0 heterocycles. The Kier molecular flexibility index (Phi) is 6.80. The number of hydrogen-bond acceptors (Lipinski definition) is 4. The van der Waals surface area contributed by atoms with Gasteiger partial charge in [0.1, 0.15) is 0 Å². The second-order valence-corrected chi connectivity index (χ2v) is 4.09. The summed E-state index contributed by atoms with van der Waals surface area (Å²) in [6.07, 6.45) is -4.43. The predicted molar refractivity (Wildman–Crippen MR) is 70.4 cm³/mol. The predicted octanol–water partition coefficient (Wildman–Crippen LogP) is 1.34. The number of para-hydroxylation sites is 2. The number of ether oxygens (including phenoxy) is 2. The molecule has 0 fully saturated rings. The van der Waals surface area contributed by atoms with Crippen molar-refractivity contribution >= 4 is 5.91 Å². The van der Waals surface area contributed by atoms with Crippen LogP contribution in [0.3, 0.4) is 0 Å². The second-order valence-electron chi connectivity index (χ2n) is 4.09. The molecule has 1 rings (SSSR count). The molecule has 1 aromatic rings. The lowest BCUT2D eigenvalue weighted by atomic mass is 10.3. The van der Waals surface area contributed by atoms with E-state index in [4.69, 9.17) is 4.74 Å². The molecule has 1 aromatic carbocycles. The van der Waals surface area contributed by atoms with Crippen molar-refractivity contribution in [3.05, 3.63) is 24.3 Å². The molecule has 0 spiro atoms. The van der Waals surface area contributed by atoms with Crippen LogP contribution in [0.2, 0.25) is 0 Å². The maximum Gasteiger partial charge on any atom is 0.422 e. The van der Waals surface area contributed by atoms with Crippen molar-refractivity contribution in [2.24, 2.45) is 0 Å². The first-order valence-corrected chi connectivity index (χ1v) is 6.25. The van der Waals surface area contributed by atoms with E-state index in [1.54, 1.807) is 13.1 Å². The van der Waals surface area contributed by atoms with Gasteiger partial charge in [-0.05, 0) is 19.2 Å². The van der Waals surface area contributed by atoms with Crippen molar-refractivity contribution in [2.45, 2.75) is 6.18 Å². The average Bonchev–Trinajstić information content (AvgIpc) is 2.43. The molecule has 5 nitrogen and oxygen atoms in total. The molecule has 0 saturated carbocycles. The van der Waals surface area contributed by atoms with Crippen molar-refractivity contribution in [2.75, 3.05) is 33.4 Å². The largest absolute Gasteiger partial charge is 0.480 e. The summed E-state index contributed by atoms with van der Waals surface area (Å²) in [4.78, 5) is 11.4. The van der Waals surface area contributed by atoms with Gasteiger partial charge < -0.3 is 20.1 Å². The summed E-state index contributed by atoms with van der Waals surface area (Å²) in [6.45, 7) is -0.667. The van der Waals surface area contributed by atoms with Crippen molar-refractivity contribution < 1.29 is 27.4 Å². The van der Waals surface area contributed by atoms with Gasteiger partial charge in [-0.15, -0.1) is 0 Å². The van der Waals surface area contributed by atoms with Crippen LogP contribution in [0, 0.1) is 0 Å². The van der Waals surface area contributed by atoms with Crippen molar-refractivity contribution in [3.63, 3.8) is 0 Å². The first-order valence-electron chi connectivity index (χ1n) is 6.25. The van der Waals surface area contributed by atoms with Crippen LogP contribution < -0.4 is 20.1 Å². The molecule has 118 valence electrons. The molecular weight excluding hydrogens is 289 g/mol. The standard InChI is InChI=1S/C13H17F3N2O3/c1-17-6-7-18-12(19)8-20-10-4-2-3-5-11(10)21-9-13(14,15)16/h2-5,17H,6-9H2,1H3,(H,18,19). The summed E-state index contributed by atoms with van der Waals surface area (Å²) in [5.74, 6) is -0.334. The van der Waals surface area contributed by atoms with Crippen LogP contribution in [0.25, 0.3) is 0 Å². The van der Waals surface area contributed by atoms with Crippen LogP contribution in [-0.4, -0.2) is 45.4 Å². The minimum Gasteiger partial charge on any atom is -0.480 e. The lowest BCUT2D eigenvalue weighted by Crippen LogP contribution is -2.33. The van der Waals surface area contributed by atoms with Gasteiger partial charge in [-0.2, -0.15) is 13.2 Å². The van der Waals surface area contributed by atoms with Crippen LogP contribution >= 0.6 is 0 Å². The SMILES string of the molecule is CNCCNC(=O)COc1ccccc1OCC(F)(F)F. The number of rotatable bonds is 8. The van der Waals surface area contributed by atoms with Gasteiger partial charge >= 0.3 is 6.18 Å². The second kappa shape index (κ2) is 8.35. The van der Waals surface area contributed by atoms with E-state index >= 15 is 0 Å². The highest BCUT2D eigenvalue weighted by Crippen LogP contribution is 2.28. The highest BCUT2D eigenvalue weighted by Gasteiger charge is 2.28. The fourth-order valence-corrected chi connectivity index (χ4v) is 1.37. The van der Waals surface area contributed by atoms with Crippen LogP contribution in [0.1, 0.15) is 0 Å². The van der Waals surface area contributed by atoms with Gasteiger partial charge in [0.05, 0.1) is 0 Å². The fraction of sp³-hybridized carbons (Fsp3) is 0.462. The monoisotopic (exact) mass is 306 g/mol. The highest BCUT2D eigenvalue weighted by molar-refractivity contribution is 5.77. The minimum atomic E-state index is -4.43. The lowest BCUT2D eigenvalue weighted by Gasteiger charge is -2.13. The number of benzene rings is 1. The average molecular weight is 306 g/mol. The number of carbonyl (C=O) groups is 1. The molecule has 0 aliphatic carbocycles. The first-order chi connectivity index (χ1) is 9.92. The number of nitrogens with one attached hydrogen (secondary N) is 2. The third-order valence-electron chi connectivity index (χ3n) is 2.30. The Hall–Kier alpha value is -1.96. The molecule has 1 amide bonds. The molecule has 21 heavy (non-hydrogen) atoms. The summed E-state index contributed by atoms with van der Waals surface area (Å²) in [5, 5.41) is 5.44. The van der Waals surface area contributed by atoms with E-state index < -0.39 is 12.8 Å². The van der Waals surface area contributed by atoms with E-state index in [-0.39, 0.29) is 24.0 Å². The normalized spacial score (nSPS) is 11.0. The molecule has 0 atom stereocenters. The van der Waals surface area contributed by atoms with Crippen molar-refractivity contribution in [3.8, 4) is 11.5 Å². The van der Waals surface area contributed by atoms with Crippen LogP contribution in [0.15, 0.2) is 24.3 Å². The molecular formula is C13H17F3N2O3. The Labute approximate surface area is 120 Å². The topological polar surface area (TPSA) is 59.6 Å². The van der Waals surface area contributed by atoms with Gasteiger partial charge in [0, 0.05) is 13.1 Å². The van der Waals surface area contributed by atoms with Gasteiger partial charge in [0.15, 0.2) is 24.7 Å². The van der Waals surface area contributed by atoms with E-state index in [9.17, 15) is 18.0 Å². The Balaban J connectivity index is 2.49. The van der Waals surface area contributed by atoms with E-state index in [1.807, 2.05) is 0 Å². The van der Waals surface area contributed by atoms with Crippen LogP contribution in [0.5, 0.6) is 11.5 Å². The van der Waals surface area contributed by atoms with Crippen molar-refractivity contribution in [1.82, 2.24) is 10.6 Å². The minimum absolute atomic E-state index is 0.0575. The number of hydrogen-bond donors (Lipinski definition) is 2. The molecule has 0 bridgehead atoms. The molecule has 0 aliphatic rings. The number of alkyl halides is 3. The maximum atomic E-state index is 12.1. The number of likely N-dealkylation sites (N-methyl/N-ethyl adjacent to an activating group) is 1. The van der Waals surface area contributed by atoms with Gasteiger partial charge in [-0.3, -0.25) is 4.79 Å². The van der Waals surface area contributed by atoms with Crippen LogP contribution in [0.4, 0.5) is 13.2 Å². The van der Waals surface area contributed by atoms with E-state index in [1.165, 1.54) is 18.2 Å². The molecule has 0 aliphatic heterocycles. The number of halogens is 3. The molecule has 0 saturated heterocycles. The Morgan fingerprint density at radius 3 is 2.33 bits per heavy atom. The first kappa shape index (κ1) is 17.1. The number of carbonyl (C=O) groups excluding carboxylic acids is 1. The zero-order chi connectivity index (χ0) is 15.7. The Morgan fingerprint density at radius 1 is 1.14 bits per heavy atom. The fourth-order valence-electron chi connectivity index (χ4n) is 1.37.